The van der Waals surface area contributed by atoms with Gasteiger partial charge in [-0.05, 0) is 56.0 Å². The maximum atomic E-state index is 12.5. The number of nitrogens with zero attached hydrogens (tertiary/aromatic N) is 3. The highest BCUT2D eigenvalue weighted by Gasteiger charge is 2.49. The molecule has 5 rings (SSSR count). The van der Waals surface area contributed by atoms with Crippen molar-refractivity contribution in [2.24, 2.45) is 0 Å². The van der Waals surface area contributed by atoms with Crippen LogP contribution in [0.5, 0.6) is 5.75 Å². The van der Waals surface area contributed by atoms with Crippen molar-refractivity contribution in [2.45, 2.75) is 38.3 Å². The predicted molar refractivity (Wildman–Crippen MR) is 122 cm³/mol. The Morgan fingerprint density at radius 1 is 1.19 bits per heavy atom. The van der Waals surface area contributed by atoms with Crippen molar-refractivity contribution < 1.29 is 14.3 Å². The van der Waals surface area contributed by atoms with Gasteiger partial charge in [0.1, 0.15) is 11.4 Å². The number of fused-ring (bicyclic) bond motifs is 1. The topological polar surface area (TPSA) is 86.8 Å². The van der Waals surface area contributed by atoms with Crippen LogP contribution in [0.15, 0.2) is 30.3 Å². The van der Waals surface area contributed by atoms with E-state index in [4.69, 9.17) is 4.74 Å². The fraction of sp³-hybridized carbons (Fsp3) is 0.458. The van der Waals surface area contributed by atoms with E-state index < -0.39 is 5.60 Å². The Hall–Kier alpha value is -3.13. The fourth-order valence-electron chi connectivity index (χ4n) is 4.73. The minimum Gasteiger partial charge on any atom is -0.475 e. The number of ether oxygens (including phenoxy) is 1. The first-order valence-electron chi connectivity index (χ1n) is 11.3. The predicted octanol–water partition coefficient (Wildman–Crippen LogP) is 2.33. The van der Waals surface area contributed by atoms with Crippen LogP contribution in [0.2, 0.25) is 0 Å². The Morgan fingerprint density at radius 3 is 2.62 bits per heavy atom. The molecule has 32 heavy (non-hydrogen) atoms. The normalized spacial score (nSPS) is 19.6. The summed E-state index contributed by atoms with van der Waals surface area (Å²) in [5, 5.41) is 5.67. The van der Waals surface area contributed by atoms with E-state index in [2.05, 4.69) is 31.5 Å². The lowest BCUT2D eigenvalue weighted by molar-refractivity contribution is -0.139. The van der Waals surface area contributed by atoms with E-state index in [-0.39, 0.29) is 11.8 Å². The number of carbonyl (C=O) groups excluding carboxylic acids is 2. The lowest BCUT2D eigenvalue weighted by atomic mass is 9.78. The Balaban J connectivity index is 1.20. The molecule has 2 fully saturated rings. The molecule has 1 aromatic carbocycles. The average molecular weight is 436 g/mol. The van der Waals surface area contributed by atoms with E-state index in [1.807, 2.05) is 25.1 Å². The minimum absolute atomic E-state index is 0.00608. The Kier molecular flexibility index (Phi) is 5.25. The molecule has 2 aromatic rings. The lowest BCUT2D eigenvalue weighted by Crippen LogP contribution is -2.55. The van der Waals surface area contributed by atoms with Crippen molar-refractivity contribution in [3.63, 3.8) is 0 Å². The smallest absolute Gasteiger partial charge is 0.269 e. The number of anilines is 2. The number of aromatic nitrogens is 1. The summed E-state index contributed by atoms with van der Waals surface area (Å²) in [6.45, 7) is 6.43. The van der Waals surface area contributed by atoms with E-state index in [0.29, 0.717) is 5.69 Å². The SMILES string of the molecule is CNC(=O)c1ccc(N2CCN(Cc3ccc4c(c3)NC(=O)C3(CCC3)O4)CC2)c(C)n1. The largest absolute Gasteiger partial charge is 0.475 e. The Morgan fingerprint density at radius 2 is 1.97 bits per heavy atom. The minimum atomic E-state index is -0.629. The lowest BCUT2D eigenvalue weighted by Gasteiger charge is -2.43. The second-order valence-electron chi connectivity index (χ2n) is 8.88. The molecule has 0 atom stereocenters. The second kappa shape index (κ2) is 8.09. The van der Waals surface area contributed by atoms with Crippen molar-refractivity contribution in [1.82, 2.24) is 15.2 Å². The molecule has 1 saturated heterocycles. The summed E-state index contributed by atoms with van der Waals surface area (Å²) in [7, 11) is 1.61. The van der Waals surface area contributed by atoms with E-state index in [1.165, 1.54) is 5.56 Å². The van der Waals surface area contributed by atoms with Gasteiger partial charge < -0.3 is 20.3 Å². The van der Waals surface area contributed by atoms with Crippen LogP contribution >= 0.6 is 0 Å². The van der Waals surface area contributed by atoms with Crippen molar-refractivity contribution in [1.29, 1.82) is 0 Å². The van der Waals surface area contributed by atoms with Crippen LogP contribution in [0.1, 0.15) is 41.0 Å². The van der Waals surface area contributed by atoms with Gasteiger partial charge in [0.25, 0.3) is 11.8 Å². The zero-order valence-corrected chi connectivity index (χ0v) is 18.6. The van der Waals surface area contributed by atoms with E-state index in [9.17, 15) is 9.59 Å². The molecule has 1 aliphatic carbocycles. The van der Waals surface area contributed by atoms with Crippen LogP contribution in [-0.4, -0.2) is 60.5 Å². The average Bonchev–Trinajstić information content (AvgIpc) is 2.77. The molecule has 0 radical (unpaired) electrons. The molecule has 0 bridgehead atoms. The molecular weight excluding hydrogens is 406 g/mol. The van der Waals surface area contributed by atoms with Gasteiger partial charge in [0.2, 0.25) is 0 Å². The molecule has 2 aliphatic heterocycles. The molecule has 3 aliphatic rings. The maximum absolute atomic E-state index is 12.5. The summed E-state index contributed by atoms with van der Waals surface area (Å²) < 4.78 is 6.05. The van der Waals surface area contributed by atoms with Gasteiger partial charge in [-0.2, -0.15) is 0 Å². The molecule has 2 amide bonds. The highest BCUT2D eigenvalue weighted by molar-refractivity contribution is 6.01. The zero-order chi connectivity index (χ0) is 22.3. The number of benzene rings is 1. The van der Waals surface area contributed by atoms with Gasteiger partial charge in [0.05, 0.1) is 17.1 Å². The van der Waals surface area contributed by atoms with Crippen LogP contribution < -0.4 is 20.3 Å². The summed E-state index contributed by atoms with van der Waals surface area (Å²) in [5.41, 5.74) is 3.71. The molecule has 1 saturated carbocycles. The third-order valence-electron chi connectivity index (χ3n) is 6.81. The van der Waals surface area contributed by atoms with Gasteiger partial charge in [-0.3, -0.25) is 14.5 Å². The molecule has 8 heteroatoms. The Bertz CT molecular complexity index is 1060. The van der Waals surface area contributed by atoms with Crippen LogP contribution in [0.4, 0.5) is 11.4 Å². The zero-order valence-electron chi connectivity index (χ0n) is 18.6. The quantitative estimate of drug-likeness (QED) is 0.767. The van der Waals surface area contributed by atoms with Crippen molar-refractivity contribution in [3.05, 3.63) is 47.3 Å². The fourth-order valence-corrected chi connectivity index (χ4v) is 4.73. The van der Waals surface area contributed by atoms with Gasteiger partial charge in [0, 0.05) is 39.8 Å². The van der Waals surface area contributed by atoms with E-state index in [0.717, 1.165) is 74.8 Å². The standard InChI is InChI=1S/C24H29N5O3/c1-16-20(6-5-18(26-16)22(30)25-2)29-12-10-28(11-13-29)15-17-4-7-21-19(14-17)27-23(31)24(32-21)8-3-9-24/h4-7,14H,3,8-13,15H2,1-2H3,(H,25,30)(H,27,31). The second-order valence-corrected chi connectivity index (χ2v) is 8.88. The van der Waals surface area contributed by atoms with Crippen LogP contribution in [-0.2, 0) is 11.3 Å². The molecule has 1 spiro atoms. The highest BCUT2D eigenvalue weighted by atomic mass is 16.5. The van der Waals surface area contributed by atoms with E-state index >= 15 is 0 Å². The van der Waals surface area contributed by atoms with Crippen LogP contribution in [0.3, 0.4) is 0 Å². The molecular formula is C24H29N5O3. The summed E-state index contributed by atoms with van der Waals surface area (Å²) in [6, 6.07) is 9.90. The number of hydrogen-bond donors (Lipinski definition) is 2. The molecule has 8 nitrogen and oxygen atoms in total. The van der Waals surface area contributed by atoms with Crippen LogP contribution in [0, 0.1) is 6.92 Å². The molecule has 1 aromatic heterocycles. The maximum Gasteiger partial charge on any atom is 0.269 e. The van der Waals surface area contributed by atoms with Gasteiger partial charge in [-0.1, -0.05) is 6.07 Å². The molecule has 3 heterocycles. The number of piperazine rings is 1. The summed E-state index contributed by atoms with van der Waals surface area (Å²) in [4.78, 5) is 33.5. The van der Waals surface area contributed by atoms with Crippen molar-refractivity contribution in [3.8, 4) is 5.75 Å². The first kappa shape index (κ1) is 20.8. The summed E-state index contributed by atoms with van der Waals surface area (Å²) >= 11 is 0. The molecule has 2 N–H and O–H groups in total. The number of hydrogen-bond acceptors (Lipinski definition) is 6. The monoisotopic (exact) mass is 435 g/mol. The summed E-state index contributed by atoms with van der Waals surface area (Å²) in [6.07, 6.45) is 2.64. The number of carbonyl (C=O) groups is 2. The van der Waals surface area contributed by atoms with Gasteiger partial charge >= 0.3 is 0 Å². The number of aryl methyl sites for hydroxylation is 1. The molecule has 0 unspecified atom stereocenters. The highest BCUT2D eigenvalue weighted by Crippen LogP contribution is 2.43. The number of amides is 2. The Labute approximate surface area is 187 Å². The third-order valence-corrected chi connectivity index (χ3v) is 6.81. The first-order chi connectivity index (χ1) is 15.5. The van der Waals surface area contributed by atoms with Gasteiger partial charge in [0.15, 0.2) is 5.60 Å². The van der Waals surface area contributed by atoms with Crippen molar-refractivity contribution >= 4 is 23.2 Å². The third kappa shape index (κ3) is 3.68. The van der Waals surface area contributed by atoms with Crippen LogP contribution in [0.25, 0.3) is 0 Å². The van der Waals surface area contributed by atoms with Gasteiger partial charge in [-0.15, -0.1) is 0 Å². The first-order valence-corrected chi connectivity index (χ1v) is 11.3. The number of rotatable bonds is 4. The number of pyridine rings is 1. The number of nitrogens with one attached hydrogen (secondary N) is 2. The molecule has 168 valence electrons. The van der Waals surface area contributed by atoms with E-state index in [1.54, 1.807) is 13.1 Å². The summed E-state index contributed by atoms with van der Waals surface area (Å²) in [5.74, 6) is 0.605. The van der Waals surface area contributed by atoms with Gasteiger partial charge in [-0.25, -0.2) is 4.98 Å². The van der Waals surface area contributed by atoms with Crippen molar-refractivity contribution in [2.75, 3.05) is 43.4 Å².